The number of amides is 1. The first-order valence-electron chi connectivity index (χ1n) is 9.22. The predicted molar refractivity (Wildman–Crippen MR) is 107 cm³/mol. The Morgan fingerprint density at radius 1 is 1.26 bits per heavy atom. The number of carbonyl (C=O) groups excluding carboxylic acids is 1. The zero-order valence-corrected chi connectivity index (χ0v) is 15.5. The lowest BCUT2D eigenvalue weighted by Gasteiger charge is -2.32. The van der Waals surface area contributed by atoms with Crippen LogP contribution in [0.15, 0.2) is 61.3 Å². The zero-order chi connectivity index (χ0) is 18.8. The number of nitrogens with zero attached hydrogens (tertiary/aromatic N) is 3. The van der Waals surface area contributed by atoms with Crippen molar-refractivity contribution < 1.29 is 9.53 Å². The fourth-order valence-electron chi connectivity index (χ4n) is 3.70. The number of benzene rings is 2. The molecule has 5 heteroatoms. The van der Waals surface area contributed by atoms with Gasteiger partial charge in [-0.1, -0.05) is 30.8 Å². The van der Waals surface area contributed by atoms with Crippen LogP contribution in [-0.4, -0.2) is 40.8 Å². The van der Waals surface area contributed by atoms with Crippen molar-refractivity contribution in [1.29, 1.82) is 0 Å². The van der Waals surface area contributed by atoms with Crippen LogP contribution in [0.25, 0.3) is 22.0 Å². The monoisotopic (exact) mass is 361 g/mol. The standard InChI is InChI=1S/C22H23N3O2/c1-3-22(26)24-11-5-7-19(15-24)25-14-18-10-9-17(13-21(18)23-25)16-6-4-8-20(12-16)27-2/h3-4,6,8-10,12-14,19H,1,5,7,11,15H2,2H3. The molecular formula is C22H23N3O2. The Morgan fingerprint density at radius 2 is 2.11 bits per heavy atom. The van der Waals surface area contributed by atoms with Crippen LogP contribution in [0.4, 0.5) is 0 Å². The van der Waals surface area contributed by atoms with Gasteiger partial charge in [-0.15, -0.1) is 0 Å². The Balaban J connectivity index is 1.62. The summed E-state index contributed by atoms with van der Waals surface area (Å²) >= 11 is 0. The second-order valence-electron chi connectivity index (χ2n) is 6.90. The van der Waals surface area contributed by atoms with Crippen molar-refractivity contribution in [3.8, 4) is 16.9 Å². The highest BCUT2D eigenvalue weighted by atomic mass is 16.5. The molecule has 0 saturated carbocycles. The van der Waals surface area contributed by atoms with E-state index in [1.165, 1.54) is 6.08 Å². The molecule has 1 aromatic heterocycles. The molecule has 2 aromatic carbocycles. The molecule has 3 aromatic rings. The minimum absolute atomic E-state index is 0.00303. The second kappa shape index (κ2) is 7.27. The summed E-state index contributed by atoms with van der Waals surface area (Å²) in [5.41, 5.74) is 3.17. The second-order valence-corrected chi connectivity index (χ2v) is 6.90. The highest BCUT2D eigenvalue weighted by molar-refractivity contribution is 5.87. The molecule has 27 heavy (non-hydrogen) atoms. The number of rotatable bonds is 4. The highest BCUT2D eigenvalue weighted by Gasteiger charge is 2.24. The molecule has 1 unspecified atom stereocenters. The Morgan fingerprint density at radius 3 is 2.93 bits per heavy atom. The maximum absolute atomic E-state index is 11.9. The number of fused-ring (bicyclic) bond motifs is 1. The fraction of sp³-hybridized carbons (Fsp3) is 0.273. The van der Waals surface area contributed by atoms with Gasteiger partial charge in [-0.25, -0.2) is 0 Å². The summed E-state index contributed by atoms with van der Waals surface area (Å²) in [7, 11) is 1.68. The molecule has 1 saturated heterocycles. The van der Waals surface area contributed by atoms with Gasteiger partial charge in [0.2, 0.25) is 5.91 Å². The van der Waals surface area contributed by atoms with E-state index in [0.717, 1.165) is 47.2 Å². The predicted octanol–water partition coefficient (Wildman–Crippen LogP) is 4.06. The van der Waals surface area contributed by atoms with E-state index in [4.69, 9.17) is 9.84 Å². The van der Waals surface area contributed by atoms with Crippen molar-refractivity contribution in [3.05, 3.63) is 61.3 Å². The van der Waals surface area contributed by atoms with Crippen LogP contribution in [0.1, 0.15) is 18.9 Å². The van der Waals surface area contributed by atoms with Crippen molar-refractivity contribution in [2.45, 2.75) is 18.9 Å². The molecule has 2 heterocycles. The SMILES string of the molecule is C=CC(=O)N1CCCC(n2cc3ccc(-c4cccc(OC)c4)cc3n2)C1. The van der Waals surface area contributed by atoms with Gasteiger partial charge >= 0.3 is 0 Å². The van der Waals surface area contributed by atoms with Gasteiger partial charge < -0.3 is 9.64 Å². The van der Waals surface area contributed by atoms with Crippen LogP contribution in [0.3, 0.4) is 0 Å². The summed E-state index contributed by atoms with van der Waals surface area (Å²) in [5.74, 6) is 0.837. The van der Waals surface area contributed by atoms with Crippen molar-refractivity contribution >= 4 is 16.8 Å². The first-order chi connectivity index (χ1) is 13.2. The van der Waals surface area contributed by atoms with Gasteiger partial charge in [-0.05, 0) is 48.2 Å². The van der Waals surface area contributed by atoms with E-state index in [-0.39, 0.29) is 11.9 Å². The Labute approximate surface area is 158 Å². The molecule has 1 atom stereocenters. The Kier molecular flexibility index (Phi) is 4.67. The number of methoxy groups -OCH3 is 1. The molecule has 0 bridgehead atoms. The zero-order valence-electron chi connectivity index (χ0n) is 15.5. The van der Waals surface area contributed by atoms with Crippen LogP contribution in [0, 0.1) is 0 Å². The van der Waals surface area contributed by atoms with Gasteiger partial charge in [0, 0.05) is 24.7 Å². The minimum Gasteiger partial charge on any atom is -0.497 e. The van der Waals surface area contributed by atoms with Crippen molar-refractivity contribution in [2.75, 3.05) is 20.2 Å². The quantitative estimate of drug-likeness (QED) is 0.659. The highest BCUT2D eigenvalue weighted by Crippen LogP contribution is 2.28. The number of hydrogen-bond donors (Lipinski definition) is 0. The largest absolute Gasteiger partial charge is 0.497 e. The molecule has 138 valence electrons. The molecule has 1 aliphatic heterocycles. The molecular weight excluding hydrogens is 338 g/mol. The lowest BCUT2D eigenvalue weighted by Crippen LogP contribution is -2.39. The summed E-state index contributed by atoms with van der Waals surface area (Å²) in [6.45, 7) is 5.07. The van der Waals surface area contributed by atoms with Gasteiger partial charge in [0.15, 0.2) is 0 Å². The lowest BCUT2D eigenvalue weighted by atomic mass is 10.0. The summed E-state index contributed by atoms with van der Waals surface area (Å²) in [5, 5.41) is 5.91. The van der Waals surface area contributed by atoms with Crippen LogP contribution in [0.5, 0.6) is 5.75 Å². The smallest absolute Gasteiger partial charge is 0.246 e. The Hall–Kier alpha value is -3.08. The number of aromatic nitrogens is 2. The number of hydrogen-bond acceptors (Lipinski definition) is 3. The number of ether oxygens (including phenoxy) is 1. The normalized spacial score (nSPS) is 17.1. The Bertz CT molecular complexity index is 992. The third-order valence-electron chi connectivity index (χ3n) is 5.18. The van der Waals surface area contributed by atoms with Crippen LogP contribution in [0.2, 0.25) is 0 Å². The molecule has 0 radical (unpaired) electrons. The molecule has 0 N–H and O–H groups in total. The van der Waals surface area contributed by atoms with Gasteiger partial charge in [0.1, 0.15) is 5.75 Å². The van der Waals surface area contributed by atoms with E-state index < -0.39 is 0 Å². The average molecular weight is 361 g/mol. The van der Waals surface area contributed by atoms with Crippen LogP contribution >= 0.6 is 0 Å². The molecule has 0 spiro atoms. The molecule has 1 fully saturated rings. The van der Waals surface area contributed by atoms with E-state index in [1.807, 2.05) is 27.8 Å². The van der Waals surface area contributed by atoms with Crippen molar-refractivity contribution in [1.82, 2.24) is 14.7 Å². The van der Waals surface area contributed by atoms with E-state index in [9.17, 15) is 4.79 Å². The van der Waals surface area contributed by atoms with Crippen LogP contribution < -0.4 is 4.74 Å². The summed E-state index contributed by atoms with van der Waals surface area (Å²) in [6.07, 6.45) is 5.48. The maximum Gasteiger partial charge on any atom is 0.246 e. The topological polar surface area (TPSA) is 47.4 Å². The molecule has 0 aliphatic carbocycles. The molecule has 4 rings (SSSR count). The van der Waals surface area contributed by atoms with Crippen LogP contribution in [-0.2, 0) is 4.79 Å². The van der Waals surface area contributed by atoms with Gasteiger partial charge in [-0.3, -0.25) is 9.48 Å². The maximum atomic E-state index is 11.9. The third-order valence-corrected chi connectivity index (χ3v) is 5.18. The number of carbonyl (C=O) groups is 1. The van der Waals surface area contributed by atoms with Gasteiger partial charge in [0.25, 0.3) is 0 Å². The van der Waals surface area contributed by atoms with Gasteiger partial charge in [-0.2, -0.15) is 5.10 Å². The summed E-state index contributed by atoms with van der Waals surface area (Å²) < 4.78 is 7.34. The summed E-state index contributed by atoms with van der Waals surface area (Å²) in [4.78, 5) is 13.8. The van der Waals surface area contributed by atoms with E-state index in [0.29, 0.717) is 6.54 Å². The van der Waals surface area contributed by atoms with E-state index >= 15 is 0 Å². The van der Waals surface area contributed by atoms with Gasteiger partial charge in [0.05, 0.1) is 18.7 Å². The van der Waals surface area contributed by atoms with Crippen molar-refractivity contribution in [2.24, 2.45) is 0 Å². The third kappa shape index (κ3) is 3.45. The number of likely N-dealkylation sites (tertiary alicyclic amines) is 1. The van der Waals surface area contributed by atoms with E-state index in [2.05, 4.69) is 37.0 Å². The molecule has 5 nitrogen and oxygen atoms in total. The fourth-order valence-corrected chi connectivity index (χ4v) is 3.70. The molecule has 1 aliphatic rings. The average Bonchev–Trinajstić information content (AvgIpc) is 3.16. The first-order valence-corrected chi connectivity index (χ1v) is 9.22. The van der Waals surface area contributed by atoms with Crippen molar-refractivity contribution in [3.63, 3.8) is 0 Å². The molecule has 1 amide bonds. The minimum atomic E-state index is -0.00303. The van der Waals surface area contributed by atoms with E-state index in [1.54, 1.807) is 7.11 Å². The summed E-state index contributed by atoms with van der Waals surface area (Å²) in [6, 6.07) is 14.5. The number of piperidine rings is 1. The first kappa shape index (κ1) is 17.3. The lowest BCUT2D eigenvalue weighted by molar-refractivity contribution is -0.127.